The number of carbonyl (C=O) groups excluding carboxylic acids is 2. The molecule has 0 saturated carbocycles. The number of hydrogen-bond donors (Lipinski definition) is 1. The van der Waals surface area contributed by atoms with Crippen molar-refractivity contribution in [2.45, 2.75) is 25.8 Å². The summed E-state index contributed by atoms with van der Waals surface area (Å²) in [7, 11) is 0. The van der Waals surface area contributed by atoms with Gasteiger partial charge in [0.15, 0.2) is 0 Å². The van der Waals surface area contributed by atoms with E-state index in [1.165, 1.54) is 5.56 Å². The maximum absolute atomic E-state index is 12.7. The van der Waals surface area contributed by atoms with Crippen molar-refractivity contribution in [3.8, 4) is 0 Å². The molecule has 1 atom stereocenters. The molecule has 1 aromatic carbocycles. The van der Waals surface area contributed by atoms with Crippen LogP contribution in [0.2, 0.25) is 0 Å². The van der Waals surface area contributed by atoms with Gasteiger partial charge >= 0.3 is 0 Å². The third-order valence-electron chi connectivity index (χ3n) is 5.26. The van der Waals surface area contributed by atoms with Crippen molar-refractivity contribution < 1.29 is 9.59 Å². The number of aryl methyl sites for hydroxylation is 2. The molecule has 0 radical (unpaired) electrons. The molecule has 2 amide bonds. The van der Waals surface area contributed by atoms with E-state index in [-0.39, 0.29) is 17.9 Å². The van der Waals surface area contributed by atoms with Gasteiger partial charge in [0, 0.05) is 36.7 Å². The highest BCUT2D eigenvalue weighted by molar-refractivity contribution is 7.13. The normalized spacial score (nSPS) is 21.0. The van der Waals surface area contributed by atoms with Crippen molar-refractivity contribution in [1.82, 2.24) is 9.80 Å². The van der Waals surface area contributed by atoms with Gasteiger partial charge in [0.1, 0.15) is 0 Å². The third-order valence-corrected chi connectivity index (χ3v) is 6.25. The van der Waals surface area contributed by atoms with E-state index in [0.717, 1.165) is 41.4 Å². The van der Waals surface area contributed by atoms with E-state index in [1.54, 1.807) is 11.3 Å². The summed E-state index contributed by atoms with van der Waals surface area (Å²) in [6, 6.07) is 11.8. The number of rotatable bonds is 2. The molecule has 136 valence electrons. The zero-order valence-corrected chi connectivity index (χ0v) is 15.7. The second kappa shape index (κ2) is 7.21. The molecule has 1 saturated heterocycles. The number of hydrogen-bond acceptors (Lipinski definition) is 4. The summed E-state index contributed by atoms with van der Waals surface area (Å²) in [5.74, 6) is 0.184. The Morgan fingerprint density at radius 2 is 1.88 bits per heavy atom. The molecule has 1 N–H and O–H groups in total. The molecular weight excluding hydrogens is 346 g/mol. The van der Waals surface area contributed by atoms with Crippen LogP contribution in [0.25, 0.3) is 0 Å². The van der Waals surface area contributed by atoms with Gasteiger partial charge in [-0.2, -0.15) is 0 Å². The minimum Gasteiger partial charge on any atom is -0.335 e. The summed E-state index contributed by atoms with van der Waals surface area (Å²) in [5.41, 5.74) is 2.13. The molecule has 1 aromatic heterocycles. The SMILES string of the molecule is Cc1ccc(C(=O)N2CCN(C3CCc4ccccc4NC3=O)CC2)s1. The molecule has 0 aliphatic carbocycles. The number of anilines is 1. The Morgan fingerprint density at radius 3 is 2.62 bits per heavy atom. The van der Waals surface area contributed by atoms with Gasteiger partial charge < -0.3 is 10.2 Å². The lowest BCUT2D eigenvalue weighted by molar-refractivity contribution is -0.122. The minimum atomic E-state index is -0.122. The van der Waals surface area contributed by atoms with Crippen LogP contribution in [-0.2, 0) is 11.2 Å². The van der Waals surface area contributed by atoms with Crippen LogP contribution in [0.1, 0.15) is 26.5 Å². The lowest BCUT2D eigenvalue weighted by Crippen LogP contribution is -2.54. The molecule has 26 heavy (non-hydrogen) atoms. The van der Waals surface area contributed by atoms with E-state index >= 15 is 0 Å². The number of benzene rings is 1. The number of piperazine rings is 1. The van der Waals surface area contributed by atoms with Crippen molar-refractivity contribution in [1.29, 1.82) is 0 Å². The Morgan fingerprint density at radius 1 is 1.12 bits per heavy atom. The van der Waals surface area contributed by atoms with E-state index in [9.17, 15) is 9.59 Å². The molecule has 3 heterocycles. The summed E-state index contributed by atoms with van der Waals surface area (Å²) in [6.45, 7) is 4.84. The molecule has 2 aromatic rings. The smallest absolute Gasteiger partial charge is 0.264 e. The standard InChI is InChI=1S/C20H23N3O2S/c1-14-6-9-18(26-14)20(25)23-12-10-22(11-13-23)17-8-7-15-4-2-3-5-16(15)21-19(17)24/h2-6,9,17H,7-8,10-13H2,1H3,(H,21,24). The molecule has 2 aliphatic rings. The molecule has 4 rings (SSSR count). The zero-order chi connectivity index (χ0) is 18.1. The maximum atomic E-state index is 12.7. The molecule has 6 heteroatoms. The molecule has 1 unspecified atom stereocenters. The first-order valence-electron chi connectivity index (χ1n) is 9.10. The number of para-hydroxylation sites is 1. The maximum Gasteiger partial charge on any atom is 0.264 e. The van der Waals surface area contributed by atoms with Crippen molar-refractivity contribution in [3.05, 3.63) is 51.7 Å². The fraction of sp³-hybridized carbons (Fsp3) is 0.400. The Kier molecular flexibility index (Phi) is 4.78. The van der Waals surface area contributed by atoms with E-state index in [2.05, 4.69) is 16.3 Å². The highest BCUT2D eigenvalue weighted by Crippen LogP contribution is 2.25. The number of fused-ring (bicyclic) bond motifs is 1. The van der Waals surface area contributed by atoms with Crippen LogP contribution < -0.4 is 5.32 Å². The highest BCUT2D eigenvalue weighted by atomic mass is 32.1. The summed E-state index contributed by atoms with van der Waals surface area (Å²) < 4.78 is 0. The second-order valence-electron chi connectivity index (χ2n) is 6.94. The van der Waals surface area contributed by atoms with Crippen molar-refractivity contribution in [2.75, 3.05) is 31.5 Å². The average molecular weight is 369 g/mol. The van der Waals surface area contributed by atoms with Gasteiger partial charge in [-0.25, -0.2) is 0 Å². The van der Waals surface area contributed by atoms with Gasteiger partial charge in [0.05, 0.1) is 10.9 Å². The Hall–Kier alpha value is -2.18. The van der Waals surface area contributed by atoms with E-state index in [0.29, 0.717) is 13.1 Å². The first kappa shape index (κ1) is 17.2. The molecule has 0 bridgehead atoms. The van der Waals surface area contributed by atoms with Crippen LogP contribution in [0.3, 0.4) is 0 Å². The zero-order valence-electron chi connectivity index (χ0n) is 14.9. The van der Waals surface area contributed by atoms with Gasteiger partial charge in [0.25, 0.3) is 5.91 Å². The number of nitrogens with zero attached hydrogens (tertiary/aromatic N) is 2. The molecule has 5 nitrogen and oxygen atoms in total. The molecular formula is C20H23N3O2S. The Balaban J connectivity index is 1.39. The molecule has 0 spiro atoms. The van der Waals surface area contributed by atoms with E-state index < -0.39 is 0 Å². The van der Waals surface area contributed by atoms with Crippen LogP contribution in [0.4, 0.5) is 5.69 Å². The van der Waals surface area contributed by atoms with Crippen LogP contribution >= 0.6 is 11.3 Å². The van der Waals surface area contributed by atoms with Gasteiger partial charge in [-0.1, -0.05) is 18.2 Å². The number of thiophene rings is 1. The fourth-order valence-electron chi connectivity index (χ4n) is 3.79. The molecule has 1 fully saturated rings. The minimum absolute atomic E-state index is 0.0728. The lowest BCUT2D eigenvalue weighted by atomic mass is 10.0. The third kappa shape index (κ3) is 3.39. The second-order valence-corrected chi connectivity index (χ2v) is 8.23. The van der Waals surface area contributed by atoms with Gasteiger partial charge in [0.2, 0.25) is 5.91 Å². The van der Waals surface area contributed by atoms with Crippen LogP contribution in [-0.4, -0.2) is 53.8 Å². The van der Waals surface area contributed by atoms with Gasteiger partial charge in [-0.3, -0.25) is 14.5 Å². The van der Waals surface area contributed by atoms with E-state index in [4.69, 9.17) is 0 Å². The highest BCUT2D eigenvalue weighted by Gasteiger charge is 2.32. The van der Waals surface area contributed by atoms with Crippen molar-refractivity contribution in [3.63, 3.8) is 0 Å². The first-order chi connectivity index (χ1) is 12.6. The summed E-state index contributed by atoms with van der Waals surface area (Å²) in [5, 5.41) is 3.07. The van der Waals surface area contributed by atoms with E-state index in [1.807, 2.05) is 42.2 Å². The summed E-state index contributed by atoms with van der Waals surface area (Å²) in [4.78, 5) is 31.4. The van der Waals surface area contributed by atoms with Crippen molar-refractivity contribution >= 4 is 28.8 Å². The number of carbonyl (C=O) groups is 2. The van der Waals surface area contributed by atoms with Crippen LogP contribution in [0.15, 0.2) is 36.4 Å². The largest absolute Gasteiger partial charge is 0.335 e. The number of amides is 2. The Labute approximate surface area is 157 Å². The van der Waals surface area contributed by atoms with Gasteiger partial charge in [-0.15, -0.1) is 11.3 Å². The predicted molar refractivity (Wildman–Crippen MR) is 104 cm³/mol. The summed E-state index contributed by atoms with van der Waals surface area (Å²) in [6.07, 6.45) is 1.72. The predicted octanol–water partition coefficient (Wildman–Crippen LogP) is 2.77. The van der Waals surface area contributed by atoms with Crippen LogP contribution in [0, 0.1) is 6.92 Å². The molecule has 2 aliphatic heterocycles. The monoisotopic (exact) mass is 369 g/mol. The quantitative estimate of drug-likeness (QED) is 0.886. The fourth-order valence-corrected chi connectivity index (χ4v) is 4.63. The summed E-state index contributed by atoms with van der Waals surface area (Å²) >= 11 is 1.55. The average Bonchev–Trinajstić information content (AvgIpc) is 3.01. The van der Waals surface area contributed by atoms with Crippen LogP contribution in [0.5, 0.6) is 0 Å². The lowest BCUT2D eigenvalue weighted by Gasteiger charge is -2.38. The topological polar surface area (TPSA) is 52.7 Å². The first-order valence-corrected chi connectivity index (χ1v) is 9.92. The van der Waals surface area contributed by atoms with Crippen molar-refractivity contribution in [2.24, 2.45) is 0 Å². The Bertz CT molecular complexity index is 824. The van der Waals surface area contributed by atoms with Gasteiger partial charge in [-0.05, 0) is 43.5 Å². The number of nitrogens with one attached hydrogen (secondary N) is 1.